The van der Waals surface area contributed by atoms with Crippen LogP contribution in [0.4, 0.5) is 5.95 Å². The van der Waals surface area contributed by atoms with Crippen LogP contribution in [0.3, 0.4) is 0 Å². The monoisotopic (exact) mass is 454 g/mol. The minimum Gasteiger partial charge on any atom is -0.495 e. The molecule has 168 valence electrons. The number of aryl methyl sites for hydroxylation is 1. The van der Waals surface area contributed by atoms with Crippen LogP contribution in [0.25, 0.3) is 11.0 Å². The Morgan fingerprint density at radius 2 is 2.03 bits per heavy atom. The summed E-state index contributed by atoms with van der Waals surface area (Å²) < 4.78 is 12.9. The largest absolute Gasteiger partial charge is 0.495 e. The van der Waals surface area contributed by atoms with E-state index in [1.165, 1.54) is 0 Å². The molecule has 0 spiro atoms. The van der Waals surface area contributed by atoms with Gasteiger partial charge < -0.3 is 19.8 Å². The minimum absolute atomic E-state index is 0.130. The van der Waals surface area contributed by atoms with Crippen LogP contribution >= 0.6 is 11.6 Å². The number of fused-ring (bicyclic) bond motifs is 1. The van der Waals surface area contributed by atoms with Gasteiger partial charge in [-0.05, 0) is 25.0 Å². The van der Waals surface area contributed by atoms with Crippen LogP contribution in [0.5, 0.6) is 5.75 Å². The molecule has 0 aromatic carbocycles. The Kier molecular flexibility index (Phi) is 6.80. The number of nitrogens with two attached hydrogens (primary N) is 1. The molecule has 3 aromatic rings. The van der Waals surface area contributed by atoms with Crippen LogP contribution in [-0.4, -0.2) is 64.4 Å². The van der Waals surface area contributed by atoms with Crippen molar-refractivity contribution in [3.05, 3.63) is 39.9 Å². The molecule has 1 aliphatic rings. The maximum atomic E-state index is 6.45. The summed E-state index contributed by atoms with van der Waals surface area (Å²) >= 11 is 6.45. The van der Waals surface area contributed by atoms with E-state index in [0.717, 1.165) is 67.4 Å². The van der Waals surface area contributed by atoms with Gasteiger partial charge in [0, 0.05) is 38.4 Å². The average molecular weight is 455 g/mol. The van der Waals surface area contributed by atoms with Crippen LogP contribution in [0.2, 0.25) is 5.15 Å². The van der Waals surface area contributed by atoms with Crippen LogP contribution in [0.15, 0.2) is 12.4 Å². The highest BCUT2D eigenvalue weighted by molar-refractivity contribution is 6.34. The van der Waals surface area contributed by atoms with Crippen molar-refractivity contribution < 1.29 is 9.47 Å². The Balaban J connectivity index is 1.65. The molecule has 1 fully saturated rings. The van der Waals surface area contributed by atoms with Crippen LogP contribution in [0.1, 0.15) is 28.8 Å². The maximum Gasteiger partial charge on any atom is 0.223 e. The Morgan fingerprint density at radius 1 is 1.25 bits per heavy atom. The highest BCUT2D eigenvalue weighted by Gasteiger charge is 2.17. The zero-order valence-electron chi connectivity index (χ0n) is 18.6. The summed E-state index contributed by atoms with van der Waals surface area (Å²) in [5.41, 5.74) is 10.2. The Labute approximate surface area is 192 Å². The summed E-state index contributed by atoms with van der Waals surface area (Å²) in [7, 11) is 1.66. The molecule has 32 heavy (non-hydrogen) atoms. The number of nitrogen functional groups attached to an aromatic ring is 1. The van der Waals surface area contributed by atoms with E-state index in [4.69, 9.17) is 26.8 Å². The van der Waals surface area contributed by atoms with E-state index >= 15 is 0 Å². The van der Waals surface area contributed by atoms with Gasteiger partial charge in [-0.2, -0.15) is 4.98 Å². The summed E-state index contributed by atoms with van der Waals surface area (Å²) in [5.74, 6) is 7.46. The van der Waals surface area contributed by atoms with Crippen molar-refractivity contribution >= 4 is 28.6 Å². The Bertz CT molecular complexity index is 1190. The van der Waals surface area contributed by atoms with Gasteiger partial charge in [0.05, 0.1) is 43.5 Å². The van der Waals surface area contributed by atoms with Crippen molar-refractivity contribution in [3.63, 3.8) is 0 Å². The van der Waals surface area contributed by atoms with Gasteiger partial charge in [0.1, 0.15) is 16.5 Å². The van der Waals surface area contributed by atoms with E-state index < -0.39 is 0 Å². The number of hydrogen-bond donors (Lipinski definition) is 1. The Hall–Kier alpha value is -2.86. The number of nitrogens with zero attached hydrogens (tertiary/aromatic N) is 5. The fraction of sp³-hybridized carbons (Fsp3) is 0.435. The molecule has 0 saturated carbocycles. The van der Waals surface area contributed by atoms with Crippen molar-refractivity contribution in [2.45, 2.75) is 26.8 Å². The van der Waals surface area contributed by atoms with E-state index in [1.54, 1.807) is 7.11 Å². The molecule has 0 radical (unpaired) electrons. The van der Waals surface area contributed by atoms with Crippen LogP contribution < -0.4 is 10.5 Å². The number of aromatic nitrogens is 4. The maximum absolute atomic E-state index is 6.45. The van der Waals surface area contributed by atoms with Gasteiger partial charge >= 0.3 is 0 Å². The smallest absolute Gasteiger partial charge is 0.223 e. The van der Waals surface area contributed by atoms with E-state index in [2.05, 4.69) is 31.7 Å². The standard InChI is InChI=1S/C23H27ClN6O2/c1-15-18(12-26-16(2)20(15)31-3)14-30-13-17(19-21(24)27-23(25)28-22(19)30)6-4-5-7-29-8-10-32-11-9-29/h12-13H,5,7-11,14H2,1-3H3,(H2,25,27,28). The predicted molar refractivity (Wildman–Crippen MR) is 125 cm³/mol. The molecule has 4 heterocycles. The van der Waals surface area contributed by atoms with Crippen molar-refractivity contribution in [2.24, 2.45) is 0 Å². The highest BCUT2D eigenvalue weighted by Crippen LogP contribution is 2.29. The SMILES string of the molecule is COc1c(C)ncc(Cn2cc(C#CCCN3CCOCC3)c3c(Cl)nc(N)nc32)c1C. The van der Waals surface area contributed by atoms with E-state index in [9.17, 15) is 0 Å². The first-order valence-corrected chi connectivity index (χ1v) is 11.0. The van der Waals surface area contributed by atoms with Gasteiger partial charge in [0.15, 0.2) is 0 Å². The number of rotatable bonds is 5. The zero-order valence-corrected chi connectivity index (χ0v) is 19.4. The molecular formula is C23H27ClN6O2. The number of morpholine rings is 1. The number of methoxy groups -OCH3 is 1. The molecule has 4 rings (SSSR count). The number of hydrogen-bond acceptors (Lipinski definition) is 7. The van der Waals surface area contributed by atoms with Crippen molar-refractivity contribution in [2.75, 3.05) is 45.7 Å². The van der Waals surface area contributed by atoms with E-state index in [-0.39, 0.29) is 5.95 Å². The first-order chi connectivity index (χ1) is 15.5. The lowest BCUT2D eigenvalue weighted by molar-refractivity contribution is 0.0390. The van der Waals surface area contributed by atoms with Crippen molar-refractivity contribution in [1.82, 2.24) is 24.4 Å². The summed E-state index contributed by atoms with van der Waals surface area (Å²) in [5, 5.41) is 1.02. The Morgan fingerprint density at radius 3 is 2.78 bits per heavy atom. The van der Waals surface area contributed by atoms with E-state index in [0.29, 0.717) is 22.7 Å². The molecule has 0 unspecified atom stereocenters. The topological polar surface area (TPSA) is 91.3 Å². The molecular weight excluding hydrogens is 428 g/mol. The van der Waals surface area contributed by atoms with Gasteiger partial charge in [-0.15, -0.1) is 0 Å². The van der Waals surface area contributed by atoms with Gasteiger partial charge in [-0.25, -0.2) is 4.98 Å². The zero-order chi connectivity index (χ0) is 22.7. The number of pyridine rings is 1. The molecule has 0 bridgehead atoms. The third-order valence-electron chi connectivity index (χ3n) is 5.68. The second-order valence-corrected chi connectivity index (χ2v) is 8.13. The van der Waals surface area contributed by atoms with Gasteiger partial charge in [-0.1, -0.05) is 23.4 Å². The number of ether oxygens (including phenoxy) is 2. The molecule has 2 N–H and O–H groups in total. The summed E-state index contributed by atoms with van der Waals surface area (Å²) in [4.78, 5) is 15.4. The lowest BCUT2D eigenvalue weighted by Gasteiger charge is -2.25. The molecule has 0 atom stereocenters. The average Bonchev–Trinajstić information content (AvgIpc) is 3.12. The summed E-state index contributed by atoms with van der Waals surface area (Å²) in [6.07, 6.45) is 4.58. The van der Waals surface area contributed by atoms with Crippen molar-refractivity contribution in [3.8, 4) is 17.6 Å². The second-order valence-electron chi connectivity index (χ2n) is 7.77. The normalized spacial score (nSPS) is 14.4. The van der Waals surface area contributed by atoms with Gasteiger partial charge in [0.2, 0.25) is 5.95 Å². The molecule has 1 saturated heterocycles. The fourth-order valence-electron chi connectivity index (χ4n) is 3.96. The molecule has 0 amide bonds. The first-order valence-electron chi connectivity index (χ1n) is 10.6. The molecule has 9 heteroatoms. The third kappa shape index (κ3) is 4.65. The molecule has 3 aromatic heterocycles. The van der Waals surface area contributed by atoms with Crippen molar-refractivity contribution in [1.29, 1.82) is 0 Å². The molecule has 0 aliphatic carbocycles. The molecule has 8 nitrogen and oxygen atoms in total. The first kappa shape index (κ1) is 22.3. The lowest BCUT2D eigenvalue weighted by atomic mass is 10.1. The van der Waals surface area contributed by atoms with Gasteiger partial charge in [-0.3, -0.25) is 9.88 Å². The van der Waals surface area contributed by atoms with E-state index in [1.807, 2.05) is 30.8 Å². The fourth-order valence-corrected chi connectivity index (χ4v) is 4.23. The summed E-state index contributed by atoms with van der Waals surface area (Å²) in [6, 6.07) is 0. The van der Waals surface area contributed by atoms with Gasteiger partial charge in [0.25, 0.3) is 0 Å². The number of anilines is 1. The third-order valence-corrected chi connectivity index (χ3v) is 5.95. The van der Waals surface area contributed by atoms with Crippen LogP contribution in [-0.2, 0) is 11.3 Å². The minimum atomic E-state index is 0.130. The molecule has 1 aliphatic heterocycles. The quantitative estimate of drug-likeness (QED) is 0.468. The lowest BCUT2D eigenvalue weighted by Crippen LogP contribution is -2.36. The van der Waals surface area contributed by atoms with Crippen LogP contribution in [0, 0.1) is 25.7 Å². The highest BCUT2D eigenvalue weighted by atomic mass is 35.5. The second kappa shape index (κ2) is 9.74. The number of halogens is 1. The summed E-state index contributed by atoms with van der Waals surface area (Å²) in [6.45, 7) is 8.88. The predicted octanol–water partition coefficient (Wildman–Crippen LogP) is 2.81.